The predicted octanol–water partition coefficient (Wildman–Crippen LogP) is 3.32. The molecule has 0 aromatic carbocycles. The van der Waals surface area contributed by atoms with Gasteiger partial charge in [0, 0.05) is 17.8 Å². The Hall–Kier alpha value is -1.09. The average molecular weight is 248 g/mol. The van der Waals surface area contributed by atoms with Gasteiger partial charge in [0.1, 0.15) is 0 Å². The lowest BCUT2D eigenvalue weighted by Gasteiger charge is -2.20. The zero-order valence-electron chi connectivity index (χ0n) is 11.5. The SMILES string of the molecule is CNC(CCC1CCCC1)c1cccnc1OC. The van der Waals surface area contributed by atoms with Gasteiger partial charge in [-0.15, -0.1) is 0 Å². The monoisotopic (exact) mass is 248 g/mol. The van der Waals surface area contributed by atoms with Crippen molar-refractivity contribution in [2.75, 3.05) is 14.2 Å². The first-order valence-electron chi connectivity index (χ1n) is 7.01. The van der Waals surface area contributed by atoms with Gasteiger partial charge in [-0.25, -0.2) is 4.98 Å². The van der Waals surface area contributed by atoms with Gasteiger partial charge >= 0.3 is 0 Å². The van der Waals surface area contributed by atoms with Gasteiger partial charge in [0.15, 0.2) is 0 Å². The average Bonchev–Trinajstić information content (AvgIpc) is 2.93. The molecule has 0 bridgehead atoms. The molecular formula is C15H24N2O. The van der Waals surface area contributed by atoms with Crippen LogP contribution in [0.15, 0.2) is 18.3 Å². The van der Waals surface area contributed by atoms with Gasteiger partial charge in [-0.1, -0.05) is 31.7 Å². The smallest absolute Gasteiger partial charge is 0.217 e. The van der Waals surface area contributed by atoms with E-state index in [9.17, 15) is 0 Å². The molecule has 0 saturated heterocycles. The van der Waals surface area contributed by atoms with Crippen LogP contribution >= 0.6 is 0 Å². The second-order valence-corrected chi connectivity index (χ2v) is 5.17. The Morgan fingerprint density at radius 1 is 1.44 bits per heavy atom. The summed E-state index contributed by atoms with van der Waals surface area (Å²) in [5, 5.41) is 3.40. The fourth-order valence-electron chi connectivity index (χ4n) is 3.00. The van der Waals surface area contributed by atoms with Crippen LogP contribution in [-0.4, -0.2) is 19.1 Å². The maximum atomic E-state index is 5.35. The van der Waals surface area contributed by atoms with Crippen molar-refractivity contribution in [2.45, 2.75) is 44.6 Å². The topological polar surface area (TPSA) is 34.2 Å². The number of methoxy groups -OCH3 is 1. The van der Waals surface area contributed by atoms with Crippen molar-refractivity contribution in [3.63, 3.8) is 0 Å². The molecular weight excluding hydrogens is 224 g/mol. The normalized spacial score (nSPS) is 17.9. The van der Waals surface area contributed by atoms with E-state index in [4.69, 9.17) is 4.74 Å². The third-order valence-corrected chi connectivity index (χ3v) is 4.06. The van der Waals surface area contributed by atoms with Crippen molar-refractivity contribution >= 4 is 0 Å². The van der Waals surface area contributed by atoms with Crippen molar-refractivity contribution < 1.29 is 4.74 Å². The standard InChI is InChI=1S/C15H24N2O/c1-16-14(10-9-12-6-3-4-7-12)13-8-5-11-17-15(13)18-2/h5,8,11-12,14,16H,3-4,6-7,9-10H2,1-2H3. The van der Waals surface area contributed by atoms with Crippen LogP contribution in [0.5, 0.6) is 5.88 Å². The largest absolute Gasteiger partial charge is 0.481 e. The molecule has 1 aromatic heterocycles. The number of rotatable bonds is 6. The van der Waals surface area contributed by atoms with Crippen LogP contribution in [0, 0.1) is 5.92 Å². The van der Waals surface area contributed by atoms with Crippen molar-refractivity contribution in [1.29, 1.82) is 0 Å². The van der Waals surface area contributed by atoms with Gasteiger partial charge in [-0.3, -0.25) is 0 Å². The van der Waals surface area contributed by atoms with Crippen LogP contribution in [0.4, 0.5) is 0 Å². The minimum atomic E-state index is 0.356. The Morgan fingerprint density at radius 3 is 2.89 bits per heavy atom. The molecule has 1 atom stereocenters. The van der Waals surface area contributed by atoms with Crippen molar-refractivity contribution in [2.24, 2.45) is 5.92 Å². The predicted molar refractivity (Wildman–Crippen MR) is 73.8 cm³/mol. The highest BCUT2D eigenvalue weighted by Gasteiger charge is 2.19. The van der Waals surface area contributed by atoms with Crippen molar-refractivity contribution in [3.8, 4) is 5.88 Å². The fourth-order valence-corrected chi connectivity index (χ4v) is 3.00. The van der Waals surface area contributed by atoms with E-state index in [0.717, 1.165) is 11.8 Å². The van der Waals surface area contributed by atoms with Gasteiger partial charge in [0.25, 0.3) is 0 Å². The second-order valence-electron chi connectivity index (χ2n) is 5.17. The highest BCUT2D eigenvalue weighted by molar-refractivity contribution is 5.28. The molecule has 0 spiro atoms. The number of ether oxygens (including phenoxy) is 1. The first-order chi connectivity index (χ1) is 8.85. The Morgan fingerprint density at radius 2 is 2.22 bits per heavy atom. The molecule has 0 radical (unpaired) electrons. The lowest BCUT2D eigenvalue weighted by atomic mass is 9.95. The molecule has 1 heterocycles. The van der Waals surface area contributed by atoms with E-state index in [2.05, 4.69) is 16.4 Å². The van der Waals surface area contributed by atoms with Gasteiger partial charge in [-0.05, 0) is 31.9 Å². The zero-order valence-corrected chi connectivity index (χ0v) is 11.5. The van der Waals surface area contributed by atoms with Gasteiger partial charge < -0.3 is 10.1 Å². The highest BCUT2D eigenvalue weighted by Crippen LogP contribution is 2.32. The van der Waals surface area contributed by atoms with Gasteiger partial charge in [-0.2, -0.15) is 0 Å². The van der Waals surface area contributed by atoms with E-state index in [-0.39, 0.29) is 0 Å². The molecule has 1 N–H and O–H groups in total. The van der Waals surface area contributed by atoms with E-state index >= 15 is 0 Å². The molecule has 1 fully saturated rings. The Bertz CT molecular complexity index is 361. The molecule has 100 valence electrons. The number of hydrogen-bond acceptors (Lipinski definition) is 3. The summed E-state index contributed by atoms with van der Waals surface area (Å²) in [6, 6.07) is 4.45. The van der Waals surface area contributed by atoms with Crippen molar-refractivity contribution in [1.82, 2.24) is 10.3 Å². The third kappa shape index (κ3) is 3.22. The van der Waals surface area contributed by atoms with Crippen LogP contribution in [-0.2, 0) is 0 Å². The molecule has 0 aliphatic heterocycles. The maximum Gasteiger partial charge on any atom is 0.217 e. The molecule has 1 aliphatic rings. The van der Waals surface area contributed by atoms with E-state index in [1.165, 1.54) is 44.1 Å². The Kier molecular flexibility index (Phi) is 5.00. The highest BCUT2D eigenvalue weighted by atomic mass is 16.5. The van der Waals surface area contributed by atoms with Crippen LogP contribution in [0.1, 0.15) is 50.1 Å². The number of hydrogen-bond donors (Lipinski definition) is 1. The Labute approximate surface area is 110 Å². The summed E-state index contributed by atoms with van der Waals surface area (Å²) >= 11 is 0. The second kappa shape index (κ2) is 6.74. The molecule has 1 unspecified atom stereocenters. The van der Waals surface area contributed by atoms with Crippen molar-refractivity contribution in [3.05, 3.63) is 23.9 Å². The fraction of sp³-hybridized carbons (Fsp3) is 0.667. The van der Waals surface area contributed by atoms with Crippen LogP contribution in [0.2, 0.25) is 0 Å². The molecule has 1 aromatic rings. The number of nitrogens with one attached hydrogen (secondary N) is 1. The van der Waals surface area contributed by atoms with E-state index in [1.807, 2.05) is 13.1 Å². The summed E-state index contributed by atoms with van der Waals surface area (Å²) in [4.78, 5) is 4.28. The lowest BCUT2D eigenvalue weighted by molar-refractivity contribution is 0.373. The number of nitrogens with zero attached hydrogens (tertiary/aromatic N) is 1. The lowest BCUT2D eigenvalue weighted by Crippen LogP contribution is -2.18. The molecule has 0 amide bonds. The van der Waals surface area contributed by atoms with Gasteiger partial charge in [0.2, 0.25) is 5.88 Å². The van der Waals surface area contributed by atoms with Crippen LogP contribution < -0.4 is 10.1 Å². The summed E-state index contributed by atoms with van der Waals surface area (Å²) in [5.74, 6) is 1.69. The maximum absolute atomic E-state index is 5.35. The zero-order chi connectivity index (χ0) is 12.8. The first-order valence-corrected chi connectivity index (χ1v) is 7.01. The van der Waals surface area contributed by atoms with E-state index in [0.29, 0.717) is 6.04 Å². The number of pyridine rings is 1. The third-order valence-electron chi connectivity index (χ3n) is 4.06. The Balaban J connectivity index is 1.98. The first kappa shape index (κ1) is 13.3. The summed E-state index contributed by atoms with van der Waals surface area (Å²) in [6.45, 7) is 0. The van der Waals surface area contributed by atoms with Gasteiger partial charge in [0.05, 0.1) is 7.11 Å². The summed E-state index contributed by atoms with van der Waals surface area (Å²) in [6.07, 6.45) is 9.94. The summed E-state index contributed by atoms with van der Waals surface area (Å²) in [5.41, 5.74) is 1.18. The molecule has 3 heteroatoms. The van der Waals surface area contributed by atoms with Crippen LogP contribution in [0.3, 0.4) is 0 Å². The molecule has 18 heavy (non-hydrogen) atoms. The molecule has 1 aliphatic carbocycles. The van der Waals surface area contributed by atoms with E-state index in [1.54, 1.807) is 13.3 Å². The quantitative estimate of drug-likeness (QED) is 0.838. The minimum absolute atomic E-state index is 0.356. The summed E-state index contributed by atoms with van der Waals surface area (Å²) < 4.78 is 5.35. The summed E-state index contributed by atoms with van der Waals surface area (Å²) in [7, 11) is 3.71. The molecule has 1 saturated carbocycles. The molecule has 2 rings (SSSR count). The minimum Gasteiger partial charge on any atom is -0.481 e. The van der Waals surface area contributed by atoms with Crippen LogP contribution in [0.25, 0.3) is 0 Å². The van der Waals surface area contributed by atoms with E-state index < -0.39 is 0 Å². The number of aromatic nitrogens is 1. The molecule has 3 nitrogen and oxygen atoms in total.